The van der Waals surface area contributed by atoms with Crippen LogP contribution in [0.1, 0.15) is 15.9 Å². The zero-order chi connectivity index (χ0) is 15.4. The number of carbonyl (C=O) groups excluding carboxylic acids is 1. The zero-order valence-corrected chi connectivity index (χ0v) is 11.4. The number of hydrogen-bond donors (Lipinski definition) is 2. The van der Waals surface area contributed by atoms with E-state index in [1.165, 1.54) is 0 Å². The van der Waals surface area contributed by atoms with Crippen LogP contribution in [0.25, 0.3) is 0 Å². The first-order valence-electron chi connectivity index (χ1n) is 5.89. The molecule has 1 heterocycles. The molecule has 1 amide bonds. The number of para-hydroxylation sites is 1. The van der Waals surface area contributed by atoms with Gasteiger partial charge in [0.25, 0.3) is 5.91 Å². The Balaban J connectivity index is 2.27. The molecule has 0 fully saturated rings. The maximum atomic E-state index is 13.1. The van der Waals surface area contributed by atoms with Crippen LogP contribution < -0.4 is 5.32 Å². The molecule has 0 atom stereocenters. The van der Waals surface area contributed by atoms with E-state index in [4.69, 9.17) is 16.7 Å². The molecule has 0 spiro atoms. The Hall–Kier alpha value is -2.47. The van der Waals surface area contributed by atoms with Crippen LogP contribution in [0.15, 0.2) is 36.5 Å². The molecule has 0 unspecified atom stereocenters. The van der Waals surface area contributed by atoms with Gasteiger partial charge >= 0.3 is 5.97 Å². The van der Waals surface area contributed by atoms with E-state index < -0.39 is 17.7 Å². The van der Waals surface area contributed by atoms with Gasteiger partial charge in [-0.1, -0.05) is 29.8 Å². The normalized spacial score (nSPS) is 10.2. The van der Waals surface area contributed by atoms with Gasteiger partial charge in [0.05, 0.1) is 18.2 Å². The predicted octanol–water partition coefficient (Wildman–Crippen LogP) is 2.75. The molecule has 0 aliphatic heterocycles. The molecule has 0 saturated carbocycles. The number of aromatic nitrogens is 1. The number of carboxylic acid groups (broad SMARTS) is 1. The number of hydrogen-bond acceptors (Lipinski definition) is 3. The number of benzene rings is 1. The largest absolute Gasteiger partial charge is 0.481 e. The molecule has 0 saturated heterocycles. The number of anilines is 1. The van der Waals surface area contributed by atoms with Crippen molar-refractivity contribution in [2.24, 2.45) is 0 Å². The van der Waals surface area contributed by atoms with Crippen molar-refractivity contribution >= 4 is 29.2 Å². The lowest BCUT2D eigenvalue weighted by molar-refractivity contribution is -0.136. The van der Waals surface area contributed by atoms with Gasteiger partial charge in [-0.15, -0.1) is 0 Å². The summed E-state index contributed by atoms with van der Waals surface area (Å²) in [7, 11) is 0. The number of rotatable bonds is 4. The average Bonchev–Trinajstić information content (AvgIpc) is 2.43. The maximum absolute atomic E-state index is 13.1. The Kier molecular flexibility index (Phi) is 4.49. The summed E-state index contributed by atoms with van der Waals surface area (Å²) in [6.45, 7) is 0. The number of nitrogens with one attached hydrogen (secondary N) is 1. The molecule has 108 valence electrons. The zero-order valence-electron chi connectivity index (χ0n) is 10.6. The highest BCUT2D eigenvalue weighted by Gasteiger charge is 2.15. The van der Waals surface area contributed by atoms with Gasteiger partial charge in [0.1, 0.15) is 11.0 Å². The standard InChI is InChI=1S/C14H10ClFN2O3/c15-13-10(6-9(16)7-17-13)14(21)18-11-4-2-1-3-8(11)5-12(19)20/h1-4,6-7H,5H2,(H,18,21)(H,19,20). The first-order valence-corrected chi connectivity index (χ1v) is 6.27. The van der Waals surface area contributed by atoms with Crippen molar-refractivity contribution in [2.75, 3.05) is 5.32 Å². The third-order valence-corrected chi connectivity index (χ3v) is 2.96. The fourth-order valence-corrected chi connectivity index (χ4v) is 1.92. The van der Waals surface area contributed by atoms with Crippen LogP contribution in [0, 0.1) is 5.82 Å². The molecule has 1 aromatic heterocycles. The van der Waals surface area contributed by atoms with Crippen LogP contribution in [0.2, 0.25) is 5.15 Å². The molecule has 0 aliphatic rings. The molecule has 21 heavy (non-hydrogen) atoms. The molecular weight excluding hydrogens is 299 g/mol. The number of nitrogens with zero attached hydrogens (tertiary/aromatic N) is 1. The lowest BCUT2D eigenvalue weighted by Crippen LogP contribution is -2.15. The molecule has 0 bridgehead atoms. The van der Waals surface area contributed by atoms with Gasteiger partial charge in [0.15, 0.2) is 0 Å². The van der Waals surface area contributed by atoms with E-state index >= 15 is 0 Å². The summed E-state index contributed by atoms with van der Waals surface area (Å²) in [6.07, 6.45) is 0.656. The second kappa shape index (κ2) is 6.32. The van der Waals surface area contributed by atoms with Crippen molar-refractivity contribution in [2.45, 2.75) is 6.42 Å². The van der Waals surface area contributed by atoms with Crippen LogP contribution in [0.5, 0.6) is 0 Å². The maximum Gasteiger partial charge on any atom is 0.307 e. The number of pyridine rings is 1. The van der Waals surface area contributed by atoms with Crippen LogP contribution in [-0.2, 0) is 11.2 Å². The summed E-state index contributed by atoms with van der Waals surface area (Å²) >= 11 is 5.75. The second-order valence-corrected chi connectivity index (χ2v) is 4.53. The van der Waals surface area contributed by atoms with Crippen LogP contribution in [-0.4, -0.2) is 22.0 Å². The van der Waals surface area contributed by atoms with E-state index in [0.717, 1.165) is 12.3 Å². The summed E-state index contributed by atoms with van der Waals surface area (Å²) in [5, 5.41) is 11.2. The van der Waals surface area contributed by atoms with E-state index in [1.54, 1.807) is 24.3 Å². The van der Waals surface area contributed by atoms with E-state index in [2.05, 4.69) is 10.3 Å². The van der Waals surface area contributed by atoms with Crippen molar-refractivity contribution < 1.29 is 19.1 Å². The SMILES string of the molecule is O=C(O)Cc1ccccc1NC(=O)c1cc(F)cnc1Cl. The minimum absolute atomic E-state index is 0.123. The predicted molar refractivity (Wildman–Crippen MR) is 74.9 cm³/mol. The minimum Gasteiger partial charge on any atom is -0.481 e. The minimum atomic E-state index is -1.03. The van der Waals surface area contributed by atoms with Crippen LogP contribution in [0.4, 0.5) is 10.1 Å². The Morgan fingerprint density at radius 3 is 2.76 bits per heavy atom. The number of amides is 1. The van der Waals surface area contributed by atoms with E-state index in [0.29, 0.717) is 11.3 Å². The topological polar surface area (TPSA) is 79.3 Å². The van der Waals surface area contributed by atoms with E-state index in [-0.39, 0.29) is 17.1 Å². The number of carboxylic acids is 1. The van der Waals surface area contributed by atoms with Gasteiger partial charge in [-0.25, -0.2) is 9.37 Å². The van der Waals surface area contributed by atoms with Gasteiger partial charge in [0, 0.05) is 5.69 Å². The van der Waals surface area contributed by atoms with Crippen molar-refractivity contribution in [3.8, 4) is 0 Å². The smallest absolute Gasteiger partial charge is 0.307 e. The monoisotopic (exact) mass is 308 g/mol. The molecule has 0 radical (unpaired) electrons. The van der Waals surface area contributed by atoms with Crippen molar-refractivity contribution in [1.82, 2.24) is 4.98 Å². The molecular formula is C14H10ClFN2O3. The third kappa shape index (κ3) is 3.76. The molecule has 2 aromatic rings. The molecule has 1 aromatic carbocycles. The molecule has 7 heteroatoms. The summed E-state index contributed by atoms with van der Waals surface area (Å²) < 4.78 is 13.1. The van der Waals surface area contributed by atoms with E-state index in [9.17, 15) is 14.0 Å². The van der Waals surface area contributed by atoms with Gasteiger partial charge in [-0.05, 0) is 17.7 Å². The molecule has 5 nitrogen and oxygen atoms in total. The van der Waals surface area contributed by atoms with Gasteiger partial charge in [0.2, 0.25) is 0 Å². The lowest BCUT2D eigenvalue weighted by atomic mass is 10.1. The van der Waals surface area contributed by atoms with Crippen molar-refractivity contribution in [3.63, 3.8) is 0 Å². The van der Waals surface area contributed by atoms with Crippen LogP contribution in [0.3, 0.4) is 0 Å². The number of carbonyl (C=O) groups is 2. The van der Waals surface area contributed by atoms with Crippen molar-refractivity contribution in [3.05, 3.63) is 58.6 Å². The summed E-state index contributed by atoms with van der Waals surface area (Å²) in [6, 6.07) is 7.40. The van der Waals surface area contributed by atoms with Gasteiger partial charge in [-0.2, -0.15) is 0 Å². The van der Waals surface area contributed by atoms with Crippen molar-refractivity contribution in [1.29, 1.82) is 0 Å². The Morgan fingerprint density at radius 1 is 1.33 bits per heavy atom. The Labute approximate surface area is 124 Å². The Bertz CT molecular complexity index is 706. The van der Waals surface area contributed by atoms with Gasteiger partial charge in [-0.3, -0.25) is 9.59 Å². The number of aliphatic carboxylic acids is 1. The summed E-state index contributed by atoms with van der Waals surface area (Å²) in [5.74, 6) is -2.38. The summed E-state index contributed by atoms with van der Waals surface area (Å²) in [5.41, 5.74) is 0.630. The fourth-order valence-electron chi connectivity index (χ4n) is 1.73. The van der Waals surface area contributed by atoms with Gasteiger partial charge < -0.3 is 10.4 Å². The highest BCUT2D eigenvalue weighted by molar-refractivity contribution is 6.33. The second-order valence-electron chi connectivity index (χ2n) is 4.17. The first-order chi connectivity index (χ1) is 9.97. The van der Waals surface area contributed by atoms with Crippen LogP contribution >= 0.6 is 11.6 Å². The highest BCUT2D eigenvalue weighted by atomic mass is 35.5. The average molecular weight is 309 g/mol. The molecule has 2 rings (SSSR count). The summed E-state index contributed by atoms with van der Waals surface area (Å²) in [4.78, 5) is 26.4. The fraction of sp³-hybridized carbons (Fsp3) is 0.0714. The third-order valence-electron chi connectivity index (χ3n) is 2.66. The number of halogens is 2. The quantitative estimate of drug-likeness (QED) is 0.851. The van der Waals surface area contributed by atoms with E-state index in [1.807, 2.05) is 0 Å². The highest BCUT2D eigenvalue weighted by Crippen LogP contribution is 2.19. The molecule has 0 aliphatic carbocycles. The lowest BCUT2D eigenvalue weighted by Gasteiger charge is -2.10. The molecule has 2 N–H and O–H groups in total. The first kappa shape index (κ1) is 14.9. The Morgan fingerprint density at radius 2 is 2.05 bits per heavy atom.